The Morgan fingerprint density at radius 2 is 2.14 bits per heavy atom. The summed E-state index contributed by atoms with van der Waals surface area (Å²) in [4.78, 5) is 23.5. The summed E-state index contributed by atoms with van der Waals surface area (Å²) in [6.45, 7) is 3.39. The van der Waals surface area contributed by atoms with Crippen LogP contribution < -0.4 is 16.0 Å². The van der Waals surface area contributed by atoms with Gasteiger partial charge in [-0.2, -0.15) is 0 Å². The molecule has 3 N–H and O–H groups in total. The number of amides is 2. The van der Waals surface area contributed by atoms with E-state index in [1.165, 1.54) is 13.1 Å². The number of hydrogen-bond acceptors (Lipinski definition) is 4. The van der Waals surface area contributed by atoms with E-state index < -0.39 is 0 Å². The molecule has 7 heteroatoms. The molecule has 0 saturated carbocycles. The summed E-state index contributed by atoms with van der Waals surface area (Å²) in [5, 5.41) is 8.60. The second kappa shape index (κ2) is 6.43. The Hall–Kier alpha value is -1.63. The first-order valence-electron chi connectivity index (χ1n) is 6.60. The van der Waals surface area contributed by atoms with E-state index in [1.807, 2.05) is 6.92 Å². The van der Waals surface area contributed by atoms with E-state index >= 15 is 0 Å². The number of nitrogens with one attached hydrogen (secondary N) is 3. The van der Waals surface area contributed by atoms with E-state index in [0.717, 1.165) is 13.1 Å². The van der Waals surface area contributed by atoms with Gasteiger partial charge in [-0.25, -0.2) is 0 Å². The van der Waals surface area contributed by atoms with Gasteiger partial charge in [0.05, 0.1) is 16.2 Å². The minimum atomic E-state index is -0.305. The standard InChI is InChI=1S/C14H18ClN3O3/c1-14(7-17-8-14)21-6-12(19)18-9-3-4-11(15)10(5-9)13(20)16-2/h3-5,17H,6-8H2,1-2H3,(H,16,20)(H,18,19). The number of ether oxygens (including phenoxy) is 1. The zero-order valence-electron chi connectivity index (χ0n) is 12.0. The van der Waals surface area contributed by atoms with Gasteiger partial charge in [-0.15, -0.1) is 0 Å². The second-order valence-electron chi connectivity index (χ2n) is 5.16. The molecule has 1 saturated heterocycles. The molecule has 0 aromatic heterocycles. The van der Waals surface area contributed by atoms with Crippen molar-refractivity contribution in [3.05, 3.63) is 28.8 Å². The van der Waals surface area contributed by atoms with Crippen LogP contribution in [0.2, 0.25) is 5.02 Å². The van der Waals surface area contributed by atoms with Crippen molar-refractivity contribution in [1.29, 1.82) is 0 Å². The van der Waals surface area contributed by atoms with E-state index in [4.69, 9.17) is 16.3 Å². The van der Waals surface area contributed by atoms with Gasteiger partial charge in [0, 0.05) is 25.8 Å². The number of benzene rings is 1. The third-order valence-electron chi connectivity index (χ3n) is 3.27. The molecule has 0 unspecified atom stereocenters. The average molecular weight is 312 g/mol. The second-order valence-corrected chi connectivity index (χ2v) is 5.57. The van der Waals surface area contributed by atoms with Gasteiger partial charge in [0.25, 0.3) is 5.91 Å². The summed E-state index contributed by atoms with van der Waals surface area (Å²) in [6, 6.07) is 4.74. The molecule has 114 valence electrons. The van der Waals surface area contributed by atoms with Gasteiger partial charge >= 0.3 is 0 Å². The predicted octanol–water partition coefficient (Wildman–Crippen LogP) is 1.02. The van der Waals surface area contributed by atoms with Crippen molar-refractivity contribution in [3.63, 3.8) is 0 Å². The minimum absolute atomic E-state index is 0.0316. The van der Waals surface area contributed by atoms with Crippen LogP contribution in [0.3, 0.4) is 0 Å². The first-order chi connectivity index (χ1) is 9.93. The highest BCUT2D eigenvalue weighted by molar-refractivity contribution is 6.34. The highest BCUT2D eigenvalue weighted by Crippen LogP contribution is 2.21. The summed E-state index contributed by atoms with van der Waals surface area (Å²) in [5.41, 5.74) is 0.543. The lowest BCUT2D eigenvalue weighted by Gasteiger charge is -2.38. The number of rotatable bonds is 5. The first-order valence-corrected chi connectivity index (χ1v) is 6.97. The summed E-state index contributed by atoms with van der Waals surface area (Å²) in [7, 11) is 1.52. The van der Waals surface area contributed by atoms with Gasteiger partial charge in [0.1, 0.15) is 6.61 Å². The zero-order valence-corrected chi connectivity index (χ0v) is 12.7. The van der Waals surface area contributed by atoms with Crippen molar-refractivity contribution in [1.82, 2.24) is 10.6 Å². The van der Waals surface area contributed by atoms with Crippen LogP contribution in [0, 0.1) is 0 Å². The fraction of sp³-hybridized carbons (Fsp3) is 0.429. The SMILES string of the molecule is CNC(=O)c1cc(NC(=O)COC2(C)CNC2)ccc1Cl. The molecule has 6 nitrogen and oxygen atoms in total. The zero-order chi connectivity index (χ0) is 15.5. The van der Waals surface area contributed by atoms with E-state index in [1.54, 1.807) is 12.1 Å². The third-order valence-corrected chi connectivity index (χ3v) is 3.60. The van der Waals surface area contributed by atoms with Crippen LogP contribution in [0.5, 0.6) is 0 Å². The van der Waals surface area contributed by atoms with Crippen molar-refractivity contribution in [2.45, 2.75) is 12.5 Å². The minimum Gasteiger partial charge on any atom is -0.363 e. The van der Waals surface area contributed by atoms with E-state index in [2.05, 4.69) is 16.0 Å². The van der Waals surface area contributed by atoms with E-state index in [0.29, 0.717) is 16.3 Å². The molecular formula is C14H18ClN3O3. The molecule has 2 rings (SSSR count). The number of carbonyl (C=O) groups is 2. The Balaban J connectivity index is 1.95. The van der Waals surface area contributed by atoms with Gasteiger partial charge in [0.15, 0.2) is 0 Å². The molecule has 2 amide bonds. The Morgan fingerprint density at radius 1 is 1.43 bits per heavy atom. The molecule has 1 fully saturated rings. The van der Waals surface area contributed by atoms with Crippen molar-refractivity contribution in [2.75, 3.05) is 32.1 Å². The number of carbonyl (C=O) groups excluding carboxylic acids is 2. The highest BCUT2D eigenvalue weighted by atomic mass is 35.5. The number of anilines is 1. The molecule has 0 aliphatic carbocycles. The van der Waals surface area contributed by atoms with Gasteiger partial charge in [-0.05, 0) is 25.1 Å². The largest absolute Gasteiger partial charge is 0.363 e. The lowest BCUT2D eigenvalue weighted by atomic mass is 10.0. The lowest BCUT2D eigenvalue weighted by Crippen LogP contribution is -2.59. The van der Waals surface area contributed by atoms with Crippen molar-refractivity contribution in [2.24, 2.45) is 0 Å². The molecule has 21 heavy (non-hydrogen) atoms. The van der Waals surface area contributed by atoms with Crippen LogP contribution >= 0.6 is 11.6 Å². The van der Waals surface area contributed by atoms with Gasteiger partial charge in [-0.3, -0.25) is 9.59 Å². The molecule has 0 atom stereocenters. The van der Waals surface area contributed by atoms with Crippen molar-refractivity contribution >= 4 is 29.1 Å². The Bertz CT molecular complexity index is 558. The molecule has 1 aliphatic rings. The van der Waals surface area contributed by atoms with Crippen LogP contribution in [-0.2, 0) is 9.53 Å². The van der Waals surface area contributed by atoms with Crippen LogP contribution in [0.25, 0.3) is 0 Å². The van der Waals surface area contributed by atoms with Crippen molar-refractivity contribution < 1.29 is 14.3 Å². The van der Waals surface area contributed by atoms with Crippen LogP contribution in [-0.4, -0.2) is 44.2 Å². The quantitative estimate of drug-likeness (QED) is 0.758. The van der Waals surface area contributed by atoms with Crippen LogP contribution in [0.1, 0.15) is 17.3 Å². The molecule has 0 radical (unpaired) electrons. The smallest absolute Gasteiger partial charge is 0.252 e. The maximum absolute atomic E-state index is 11.8. The van der Waals surface area contributed by atoms with E-state index in [-0.39, 0.29) is 24.0 Å². The molecule has 1 aromatic rings. The van der Waals surface area contributed by atoms with Gasteiger partial charge in [0.2, 0.25) is 5.91 Å². The Kier molecular flexibility index (Phi) is 4.82. The van der Waals surface area contributed by atoms with Crippen LogP contribution in [0.4, 0.5) is 5.69 Å². The molecule has 1 heterocycles. The van der Waals surface area contributed by atoms with Crippen LogP contribution in [0.15, 0.2) is 18.2 Å². The van der Waals surface area contributed by atoms with Gasteiger partial charge < -0.3 is 20.7 Å². The fourth-order valence-electron chi connectivity index (χ4n) is 1.93. The topological polar surface area (TPSA) is 79.5 Å². The average Bonchev–Trinajstić information content (AvgIpc) is 2.44. The molecular weight excluding hydrogens is 294 g/mol. The molecule has 1 aromatic carbocycles. The normalized spacial score (nSPS) is 16.0. The summed E-state index contributed by atoms with van der Waals surface area (Å²) < 4.78 is 5.54. The highest BCUT2D eigenvalue weighted by Gasteiger charge is 2.33. The first kappa shape index (κ1) is 15.8. The maximum atomic E-state index is 11.8. The predicted molar refractivity (Wildman–Crippen MR) is 80.7 cm³/mol. The summed E-state index contributed by atoms with van der Waals surface area (Å²) in [6.07, 6.45) is 0. The molecule has 1 aliphatic heterocycles. The Labute approximate surface area is 128 Å². The summed E-state index contributed by atoms with van der Waals surface area (Å²) >= 11 is 5.95. The number of halogens is 1. The van der Waals surface area contributed by atoms with Crippen molar-refractivity contribution in [3.8, 4) is 0 Å². The van der Waals surface area contributed by atoms with E-state index in [9.17, 15) is 9.59 Å². The lowest BCUT2D eigenvalue weighted by molar-refractivity contribution is -0.130. The Morgan fingerprint density at radius 3 is 2.71 bits per heavy atom. The monoisotopic (exact) mass is 311 g/mol. The molecule has 0 spiro atoms. The number of hydrogen-bond donors (Lipinski definition) is 3. The molecule has 0 bridgehead atoms. The maximum Gasteiger partial charge on any atom is 0.252 e. The fourth-order valence-corrected chi connectivity index (χ4v) is 2.13. The third kappa shape index (κ3) is 3.93. The summed E-state index contributed by atoms with van der Waals surface area (Å²) in [5.74, 6) is -0.575. The van der Waals surface area contributed by atoms with Gasteiger partial charge in [-0.1, -0.05) is 11.6 Å².